The molecule has 1 amide bonds. The van der Waals surface area contributed by atoms with Gasteiger partial charge in [-0.25, -0.2) is 9.78 Å². The molecule has 0 unspecified atom stereocenters. The number of fused-ring (bicyclic) bond motifs is 2. The summed E-state index contributed by atoms with van der Waals surface area (Å²) in [5, 5.41) is 0.495. The number of aromatic nitrogens is 2. The van der Waals surface area contributed by atoms with Gasteiger partial charge in [0.25, 0.3) is 11.5 Å². The number of amides is 1. The number of hydrogen-bond acceptors (Lipinski definition) is 5. The molecule has 0 spiro atoms. The van der Waals surface area contributed by atoms with Gasteiger partial charge in [-0.2, -0.15) is 0 Å². The van der Waals surface area contributed by atoms with Gasteiger partial charge in [-0.15, -0.1) is 0 Å². The van der Waals surface area contributed by atoms with Gasteiger partial charge in [0, 0.05) is 26.1 Å². The van der Waals surface area contributed by atoms with E-state index in [4.69, 9.17) is 4.74 Å². The molecule has 3 heterocycles. The summed E-state index contributed by atoms with van der Waals surface area (Å²) in [6.45, 7) is 6.09. The number of carbonyl (C=O) groups is 2. The molecule has 28 heavy (non-hydrogen) atoms. The number of carbonyl (C=O) groups excluding carboxylic acids is 2. The summed E-state index contributed by atoms with van der Waals surface area (Å²) in [5.41, 5.74) is 0.731. The van der Waals surface area contributed by atoms with Crippen molar-refractivity contribution in [2.24, 2.45) is 11.8 Å². The highest BCUT2D eigenvalue weighted by Crippen LogP contribution is 2.21. The third kappa shape index (κ3) is 3.53. The third-order valence-corrected chi connectivity index (χ3v) is 5.60. The van der Waals surface area contributed by atoms with E-state index in [1.165, 1.54) is 0 Å². The quantitative estimate of drug-likeness (QED) is 0.758. The van der Waals surface area contributed by atoms with Gasteiger partial charge in [0.05, 0.1) is 16.5 Å². The first-order valence-electron chi connectivity index (χ1n) is 9.90. The van der Waals surface area contributed by atoms with Crippen molar-refractivity contribution in [3.05, 3.63) is 39.9 Å². The van der Waals surface area contributed by atoms with Gasteiger partial charge < -0.3 is 9.64 Å². The molecule has 2 aliphatic heterocycles. The van der Waals surface area contributed by atoms with Crippen LogP contribution in [0.1, 0.15) is 42.9 Å². The van der Waals surface area contributed by atoms with E-state index < -0.39 is 5.97 Å². The average molecular weight is 383 g/mol. The summed E-state index contributed by atoms with van der Waals surface area (Å²) in [6, 6.07) is 4.75. The van der Waals surface area contributed by atoms with E-state index in [-0.39, 0.29) is 18.1 Å². The van der Waals surface area contributed by atoms with Crippen LogP contribution >= 0.6 is 0 Å². The molecule has 2 atom stereocenters. The summed E-state index contributed by atoms with van der Waals surface area (Å²) < 4.78 is 6.94. The fourth-order valence-electron chi connectivity index (χ4n) is 4.38. The minimum absolute atomic E-state index is 0.0686. The first kappa shape index (κ1) is 18.7. The van der Waals surface area contributed by atoms with Gasteiger partial charge in [-0.3, -0.25) is 14.2 Å². The number of likely N-dealkylation sites (tertiary alicyclic amines) is 1. The Morgan fingerprint density at radius 2 is 1.96 bits per heavy atom. The van der Waals surface area contributed by atoms with Gasteiger partial charge >= 0.3 is 5.97 Å². The zero-order valence-corrected chi connectivity index (χ0v) is 16.3. The number of piperidine rings is 1. The van der Waals surface area contributed by atoms with Crippen LogP contribution in [0, 0.1) is 11.8 Å². The third-order valence-electron chi connectivity index (χ3n) is 5.60. The Balaban J connectivity index is 1.46. The molecule has 1 aromatic carbocycles. The van der Waals surface area contributed by atoms with Crippen molar-refractivity contribution in [3.63, 3.8) is 0 Å². The molecule has 4 rings (SSSR count). The van der Waals surface area contributed by atoms with Gasteiger partial charge in [0.1, 0.15) is 5.82 Å². The second-order valence-corrected chi connectivity index (χ2v) is 8.14. The van der Waals surface area contributed by atoms with Crippen molar-refractivity contribution in [1.82, 2.24) is 14.5 Å². The molecule has 0 N–H and O–H groups in total. The largest absolute Gasteiger partial charge is 0.452 e. The van der Waals surface area contributed by atoms with E-state index in [9.17, 15) is 14.4 Å². The normalized spacial score (nSPS) is 21.6. The highest BCUT2D eigenvalue weighted by Gasteiger charge is 2.26. The maximum absolute atomic E-state index is 12.5. The van der Waals surface area contributed by atoms with Crippen LogP contribution in [0.25, 0.3) is 10.9 Å². The van der Waals surface area contributed by atoms with E-state index in [0.717, 1.165) is 25.1 Å². The Labute approximate surface area is 163 Å². The molecule has 0 aliphatic carbocycles. The van der Waals surface area contributed by atoms with Crippen LogP contribution in [-0.2, 0) is 22.5 Å². The number of aryl methyl sites for hydroxylation is 1. The first-order valence-corrected chi connectivity index (χ1v) is 9.90. The van der Waals surface area contributed by atoms with E-state index in [2.05, 4.69) is 18.8 Å². The SMILES string of the molecule is C[C@@H]1C[C@H](C)CN(C(=O)COC(=O)c2ccc3c(=O)n4c(nc3c2)CCC4)C1. The zero-order chi connectivity index (χ0) is 19.8. The maximum atomic E-state index is 12.5. The lowest BCUT2D eigenvalue weighted by Gasteiger charge is -2.34. The highest BCUT2D eigenvalue weighted by molar-refractivity contribution is 5.95. The summed E-state index contributed by atoms with van der Waals surface area (Å²) in [7, 11) is 0. The van der Waals surface area contributed by atoms with Crippen LogP contribution in [-0.4, -0.2) is 46.0 Å². The number of benzene rings is 1. The Morgan fingerprint density at radius 3 is 2.71 bits per heavy atom. The van der Waals surface area contributed by atoms with E-state index in [0.29, 0.717) is 47.9 Å². The molecule has 2 aromatic rings. The predicted molar refractivity (Wildman–Crippen MR) is 104 cm³/mol. The van der Waals surface area contributed by atoms with Crippen molar-refractivity contribution < 1.29 is 14.3 Å². The molecule has 0 radical (unpaired) electrons. The Morgan fingerprint density at radius 1 is 1.21 bits per heavy atom. The van der Waals surface area contributed by atoms with Crippen LogP contribution in [0.15, 0.2) is 23.0 Å². The van der Waals surface area contributed by atoms with Crippen molar-refractivity contribution in [3.8, 4) is 0 Å². The molecule has 7 heteroatoms. The fraction of sp³-hybridized carbons (Fsp3) is 0.524. The number of hydrogen-bond donors (Lipinski definition) is 0. The van der Waals surface area contributed by atoms with Crippen LogP contribution in [0.3, 0.4) is 0 Å². The molecule has 0 saturated carbocycles. The minimum atomic E-state index is -0.573. The first-order chi connectivity index (χ1) is 13.4. The smallest absolute Gasteiger partial charge is 0.338 e. The Kier molecular flexibility index (Phi) is 4.91. The Bertz CT molecular complexity index is 987. The summed E-state index contributed by atoms with van der Waals surface area (Å²) in [6.07, 6.45) is 2.78. The highest BCUT2D eigenvalue weighted by atomic mass is 16.5. The second-order valence-electron chi connectivity index (χ2n) is 8.14. The van der Waals surface area contributed by atoms with Crippen molar-refractivity contribution in [1.29, 1.82) is 0 Å². The van der Waals surface area contributed by atoms with Crippen LogP contribution in [0.5, 0.6) is 0 Å². The van der Waals surface area contributed by atoms with Crippen LogP contribution < -0.4 is 5.56 Å². The molecular formula is C21H25N3O4. The van der Waals surface area contributed by atoms with Gasteiger partial charge in [-0.05, 0) is 42.9 Å². The molecule has 0 bridgehead atoms. The van der Waals surface area contributed by atoms with Gasteiger partial charge in [0.15, 0.2) is 6.61 Å². The summed E-state index contributed by atoms with van der Waals surface area (Å²) in [5.74, 6) is 0.927. The lowest BCUT2D eigenvalue weighted by molar-refractivity contribution is -0.137. The molecule has 2 aliphatic rings. The number of ether oxygens (including phenoxy) is 1. The van der Waals surface area contributed by atoms with Crippen molar-refractivity contribution >= 4 is 22.8 Å². The molecular weight excluding hydrogens is 358 g/mol. The van der Waals surface area contributed by atoms with E-state index in [1.807, 2.05) is 0 Å². The molecule has 1 saturated heterocycles. The van der Waals surface area contributed by atoms with Crippen molar-refractivity contribution in [2.45, 2.75) is 39.7 Å². The van der Waals surface area contributed by atoms with Crippen molar-refractivity contribution in [2.75, 3.05) is 19.7 Å². The Hall–Kier alpha value is -2.70. The summed E-state index contributed by atoms with van der Waals surface area (Å²) in [4.78, 5) is 43.6. The van der Waals surface area contributed by atoms with Crippen LogP contribution in [0.4, 0.5) is 0 Å². The minimum Gasteiger partial charge on any atom is -0.452 e. The van der Waals surface area contributed by atoms with E-state index in [1.54, 1.807) is 27.7 Å². The monoisotopic (exact) mass is 383 g/mol. The zero-order valence-electron chi connectivity index (χ0n) is 16.3. The van der Waals surface area contributed by atoms with E-state index >= 15 is 0 Å². The lowest BCUT2D eigenvalue weighted by Crippen LogP contribution is -2.44. The summed E-state index contributed by atoms with van der Waals surface area (Å²) >= 11 is 0. The number of esters is 1. The second kappa shape index (κ2) is 7.37. The molecule has 1 fully saturated rings. The standard InChI is InChI=1S/C21H25N3O4/c1-13-8-14(2)11-23(10-13)19(25)12-28-21(27)15-5-6-16-17(9-15)22-18-4-3-7-24(18)20(16)26/h5-6,9,13-14H,3-4,7-8,10-12H2,1-2H3/t13-,14+. The molecule has 7 nitrogen and oxygen atoms in total. The molecule has 1 aromatic heterocycles. The topological polar surface area (TPSA) is 81.5 Å². The predicted octanol–water partition coefficient (Wildman–Crippen LogP) is 2.00. The average Bonchev–Trinajstić information content (AvgIpc) is 3.13. The fourth-order valence-corrected chi connectivity index (χ4v) is 4.38. The number of rotatable bonds is 3. The maximum Gasteiger partial charge on any atom is 0.338 e. The van der Waals surface area contributed by atoms with Gasteiger partial charge in [0.2, 0.25) is 0 Å². The number of nitrogens with zero attached hydrogens (tertiary/aromatic N) is 3. The van der Waals surface area contributed by atoms with Gasteiger partial charge in [-0.1, -0.05) is 13.8 Å². The van der Waals surface area contributed by atoms with Crippen LogP contribution in [0.2, 0.25) is 0 Å². The lowest BCUT2D eigenvalue weighted by atomic mass is 9.92. The molecule has 148 valence electrons.